The van der Waals surface area contributed by atoms with E-state index in [1.807, 2.05) is 19.1 Å². The second-order valence-corrected chi connectivity index (χ2v) is 5.70. The van der Waals surface area contributed by atoms with E-state index in [0.717, 1.165) is 16.1 Å². The summed E-state index contributed by atoms with van der Waals surface area (Å²) in [6.07, 6.45) is 1.65. The maximum atomic E-state index is 11.9. The summed E-state index contributed by atoms with van der Waals surface area (Å²) in [5.74, 6) is 0.683. The fourth-order valence-electron chi connectivity index (χ4n) is 1.54. The molecule has 20 heavy (non-hydrogen) atoms. The van der Waals surface area contributed by atoms with Crippen LogP contribution in [0, 0.1) is 6.92 Å². The van der Waals surface area contributed by atoms with Crippen LogP contribution in [0.25, 0.3) is 0 Å². The number of anilines is 2. The topological polar surface area (TPSA) is 68.0 Å². The summed E-state index contributed by atoms with van der Waals surface area (Å²) >= 11 is 7.31. The average Bonchev–Trinajstić information content (AvgIpc) is 2.42. The molecule has 2 aromatic rings. The van der Waals surface area contributed by atoms with Gasteiger partial charge < -0.3 is 11.1 Å². The van der Waals surface area contributed by atoms with E-state index in [0.29, 0.717) is 16.6 Å². The van der Waals surface area contributed by atoms with Crippen LogP contribution in [0.1, 0.15) is 5.56 Å². The van der Waals surface area contributed by atoms with Crippen LogP contribution in [0.4, 0.5) is 11.5 Å². The Hall–Kier alpha value is -1.72. The minimum Gasteiger partial charge on any atom is -0.384 e. The maximum absolute atomic E-state index is 11.9. The molecular formula is C14H14ClN3OS. The van der Waals surface area contributed by atoms with E-state index in [2.05, 4.69) is 10.3 Å². The van der Waals surface area contributed by atoms with Crippen LogP contribution in [-0.2, 0) is 4.79 Å². The van der Waals surface area contributed by atoms with Gasteiger partial charge in [-0.1, -0.05) is 17.7 Å². The number of carbonyl (C=O) groups excluding carboxylic acids is 1. The van der Waals surface area contributed by atoms with Crippen LogP contribution in [0.5, 0.6) is 0 Å². The molecule has 1 aromatic carbocycles. The van der Waals surface area contributed by atoms with Crippen molar-refractivity contribution >= 4 is 40.8 Å². The molecule has 0 aliphatic heterocycles. The van der Waals surface area contributed by atoms with E-state index in [9.17, 15) is 4.79 Å². The third kappa shape index (κ3) is 4.15. The van der Waals surface area contributed by atoms with E-state index in [1.165, 1.54) is 11.8 Å². The first-order valence-corrected chi connectivity index (χ1v) is 7.31. The Kier molecular flexibility index (Phi) is 4.87. The van der Waals surface area contributed by atoms with Gasteiger partial charge in [-0.3, -0.25) is 4.79 Å². The van der Waals surface area contributed by atoms with Crippen molar-refractivity contribution in [2.45, 2.75) is 11.8 Å². The molecule has 0 saturated carbocycles. The van der Waals surface area contributed by atoms with Gasteiger partial charge in [-0.15, -0.1) is 11.8 Å². The lowest BCUT2D eigenvalue weighted by atomic mass is 10.2. The predicted molar refractivity (Wildman–Crippen MR) is 84.2 cm³/mol. The summed E-state index contributed by atoms with van der Waals surface area (Å²) in [7, 11) is 0. The minimum atomic E-state index is -0.0859. The fourth-order valence-corrected chi connectivity index (χ4v) is 2.37. The number of rotatable bonds is 4. The summed E-state index contributed by atoms with van der Waals surface area (Å²) in [6.45, 7) is 1.92. The molecule has 104 valence electrons. The summed E-state index contributed by atoms with van der Waals surface area (Å²) in [5, 5.41) is 3.44. The third-order valence-corrected chi connectivity index (χ3v) is 3.82. The van der Waals surface area contributed by atoms with Gasteiger partial charge in [0.1, 0.15) is 5.82 Å². The highest BCUT2D eigenvalue weighted by Crippen LogP contribution is 2.21. The zero-order valence-electron chi connectivity index (χ0n) is 10.9. The quantitative estimate of drug-likeness (QED) is 0.850. The molecule has 0 aliphatic carbocycles. The first-order chi connectivity index (χ1) is 9.54. The number of benzene rings is 1. The monoisotopic (exact) mass is 307 g/mol. The molecule has 6 heteroatoms. The molecule has 1 heterocycles. The van der Waals surface area contributed by atoms with Gasteiger partial charge in [0, 0.05) is 21.8 Å². The smallest absolute Gasteiger partial charge is 0.234 e. The summed E-state index contributed by atoms with van der Waals surface area (Å²) in [5.41, 5.74) is 7.21. The van der Waals surface area contributed by atoms with Gasteiger partial charge in [-0.2, -0.15) is 0 Å². The number of hydrogen-bond donors (Lipinski definition) is 2. The Bertz CT molecular complexity index is 616. The van der Waals surface area contributed by atoms with Crippen molar-refractivity contribution in [3.63, 3.8) is 0 Å². The number of hydrogen-bond acceptors (Lipinski definition) is 4. The SMILES string of the molecule is Cc1ccc(Cl)cc1NC(=O)CSc1ccc(N)nc1. The Morgan fingerprint density at radius 1 is 1.40 bits per heavy atom. The Balaban J connectivity index is 1.92. The molecule has 0 aliphatic rings. The van der Waals surface area contributed by atoms with Gasteiger partial charge in [0.2, 0.25) is 5.91 Å². The normalized spacial score (nSPS) is 10.3. The summed E-state index contributed by atoms with van der Waals surface area (Å²) < 4.78 is 0. The number of pyridine rings is 1. The number of aryl methyl sites for hydroxylation is 1. The number of thioether (sulfide) groups is 1. The van der Waals surface area contributed by atoms with Crippen molar-refractivity contribution in [2.24, 2.45) is 0 Å². The molecule has 4 nitrogen and oxygen atoms in total. The van der Waals surface area contributed by atoms with E-state index >= 15 is 0 Å². The first kappa shape index (κ1) is 14.7. The van der Waals surface area contributed by atoms with Crippen LogP contribution >= 0.6 is 23.4 Å². The highest BCUT2D eigenvalue weighted by molar-refractivity contribution is 8.00. The molecule has 0 fully saturated rings. The first-order valence-electron chi connectivity index (χ1n) is 5.95. The number of carbonyl (C=O) groups is 1. The van der Waals surface area contributed by atoms with Crippen molar-refractivity contribution in [2.75, 3.05) is 16.8 Å². The number of aromatic nitrogens is 1. The largest absolute Gasteiger partial charge is 0.384 e. The van der Waals surface area contributed by atoms with E-state index < -0.39 is 0 Å². The van der Waals surface area contributed by atoms with E-state index in [4.69, 9.17) is 17.3 Å². The molecule has 0 saturated heterocycles. The number of nitrogen functional groups attached to an aromatic ring is 1. The minimum absolute atomic E-state index is 0.0859. The Labute approximate surface area is 126 Å². The van der Waals surface area contributed by atoms with Crippen LogP contribution < -0.4 is 11.1 Å². The van der Waals surface area contributed by atoms with Crippen molar-refractivity contribution in [1.29, 1.82) is 0 Å². The van der Waals surface area contributed by atoms with Crippen LogP contribution in [0.3, 0.4) is 0 Å². The molecule has 1 aromatic heterocycles. The van der Waals surface area contributed by atoms with Crippen LogP contribution in [0.15, 0.2) is 41.4 Å². The number of nitrogens with zero attached hydrogens (tertiary/aromatic N) is 1. The Morgan fingerprint density at radius 2 is 2.20 bits per heavy atom. The second-order valence-electron chi connectivity index (χ2n) is 4.21. The third-order valence-electron chi connectivity index (χ3n) is 2.60. The van der Waals surface area contributed by atoms with Gasteiger partial charge in [-0.05, 0) is 36.8 Å². The van der Waals surface area contributed by atoms with E-state index in [1.54, 1.807) is 24.4 Å². The molecule has 0 radical (unpaired) electrons. The molecule has 3 N–H and O–H groups in total. The van der Waals surface area contributed by atoms with Crippen molar-refractivity contribution in [3.8, 4) is 0 Å². The van der Waals surface area contributed by atoms with Gasteiger partial charge in [-0.25, -0.2) is 4.98 Å². The van der Waals surface area contributed by atoms with Crippen molar-refractivity contribution < 1.29 is 4.79 Å². The zero-order valence-corrected chi connectivity index (χ0v) is 12.5. The van der Waals surface area contributed by atoms with E-state index in [-0.39, 0.29) is 5.91 Å². The second kappa shape index (κ2) is 6.63. The van der Waals surface area contributed by atoms with Crippen molar-refractivity contribution in [3.05, 3.63) is 47.1 Å². The van der Waals surface area contributed by atoms with Gasteiger partial charge in [0.15, 0.2) is 0 Å². The van der Waals surface area contributed by atoms with Crippen molar-refractivity contribution in [1.82, 2.24) is 4.98 Å². The highest BCUT2D eigenvalue weighted by atomic mass is 35.5. The fraction of sp³-hybridized carbons (Fsp3) is 0.143. The number of nitrogens with two attached hydrogens (primary N) is 1. The maximum Gasteiger partial charge on any atom is 0.234 e. The number of nitrogens with one attached hydrogen (secondary N) is 1. The molecule has 2 rings (SSSR count). The number of amides is 1. The molecule has 0 bridgehead atoms. The predicted octanol–water partition coefficient (Wildman–Crippen LogP) is 3.36. The lowest BCUT2D eigenvalue weighted by Gasteiger charge is -2.08. The average molecular weight is 308 g/mol. The Morgan fingerprint density at radius 3 is 2.90 bits per heavy atom. The van der Waals surface area contributed by atoms with Gasteiger partial charge in [0.25, 0.3) is 0 Å². The lowest BCUT2D eigenvalue weighted by molar-refractivity contribution is -0.113. The van der Waals surface area contributed by atoms with Crippen LogP contribution in [-0.4, -0.2) is 16.6 Å². The number of halogens is 1. The summed E-state index contributed by atoms with van der Waals surface area (Å²) in [4.78, 5) is 16.8. The molecule has 1 amide bonds. The lowest BCUT2D eigenvalue weighted by Crippen LogP contribution is -2.14. The zero-order chi connectivity index (χ0) is 14.5. The molecular weight excluding hydrogens is 294 g/mol. The van der Waals surface area contributed by atoms with Gasteiger partial charge >= 0.3 is 0 Å². The highest BCUT2D eigenvalue weighted by Gasteiger charge is 2.06. The van der Waals surface area contributed by atoms with Crippen LogP contribution in [0.2, 0.25) is 5.02 Å². The van der Waals surface area contributed by atoms with Gasteiger partial charge in [0.05, 0.1) is 5.75 Å². The summed E-state index contributed by atoms with van der Waals surface area (Å²) in [6, 6.07) is 8.95. The molecule has 0 unspecified atom stereocenters. The molecule has 0 atom stereocenters. The standard InChI is InChI=1S/C14H14ClN3OS/c1-9-2-3-10(15)6-12(9)18-14(19)8-20-11-4-5-13(16)17-7-11/h2-7H,8H2,1H3,(H2,16,17)(H,18,19). The molecule has 0 spiro atoms.